The Morgan fingerprint density at radius 3 is 3.08 bits per heavy atom. The molecule has 2 rings (SSSR count). The SMILES string of the molecule is Nc1nc2ccc(C=O)cc2o1. The summed E-state index contributed by atoms with van der Waals surface area (Å²) in [4.78, 5) is 14.2. The second-order valence-electron chi connectivity index (χ2n) is 2.40. The lowest BCUT2D eigenvalue weighted by atomic mass is 10.2. The number of benzene rings is 1. The number of anilines is 1. The molecular weight excluding hydrogens is 156 g/mol. The fourth-order valence-electron chi connectivity index (χ4n) is 1.03. The molecule has 4 heteroatoms. The molecule has 0 unspecified atom stereocenters. The summed E-state index contributed by atoms with van der Waals surface area (Å²) in [5.74, 6) is 0. The van der Waals surface area contributed by atoms with Crippen LogP contribution in [-0.4, -0.2) is 11.3 Å². The maximum absolute atomic E-state index is 10.4. The summed E-state index contributed by atoms with van der Waals surface area (Å²) >= 11 is 0. The molecule has 0 fully saturated rings. The van der Waals surface area contributed by atoms with Crippen molar-refractivity contribution in [2.45, 2.75) is 0 Å². The van der Waals surface area contributed by atoms with Crippen molar-refractivity contribution < 1.29 is 9.21 Å². The highest BCUT2D eigenvalue weighted by atomic mass is 16.4. The van der Waals surface area contributed by atoms with Gasteiger partial charge in [0.1, 0.15) is 11.8 Å². The van der Waals surface area contributed by atoms with E-state index < -0.39 is 0 Å². The van der Waals surface area contributed by atoms with Crippen molar-refractivity contribution in [3.63, 3.8) is 0 Å². The third-order valence-electron chi connectivity index (χ3n) is 1.57. The van der Waals surface area contributed by atoms with Crippen LogP contribution in [0.2, 0.25) is 0 Å². The number of nitrogen functional groups attached to an aromatic ring is 1. The topological polar surface area (TPSA) is 69.1 Å². The number of rotatable bonds is 1. The van der Waals surface area contributed by atoms with Gasteiger partial charge in [0.05, 0.1) is 0 Å². The van der Waals surface area contributed by atoms with E-state index >= 15 is 0 Å². The molecular formula is C8H6N2O2. The van der Waals surface area contributed by atoms with Gasteiger partial charge in [-0.3, -0.25) is 4.79 Å². The van der Waals surface area contributed by atoms with E-state index in [0.29, 0.717) is 16.7 Å². The predicted molar refractivity (Wildman–Crippen MR) is 43.8 cm³/mol. The van der Waals surface area contributed by atoms with E-state index in [1.165, 1.54) is 0 Å². The van der Waals surface area contributed by atoms with E-state index in [0.717, 1.165) is 6.29 Å². The number of hydrogen-bond donors (Lipinski definition) is 1. The van der Waals surface area contributed by atoms with Gasteiger partial charge in [0.15, 0.2) is 5.58 Å². The Bertz CT molecular complexity index is 434. The lowest BCUT2D eigenvalue weighted by molar-refractivity contribution is 0.112. The molecule has 0 bridgehead atoms. The average molecular weight is 162 g/mol. The third-order valence-corrected chi connectivity index (χ3v) is 1.57. The van der Waals surface area contributed by atoms with Crippen LogP contribution in [0, 0.1) is 0 Å². The lowest BCUT2D eigenvalue weighted by Crippen LogP contribution is -1.80. The van der Waals surface area contributed by atoms with Crippen LogP contribution in [0.25, 0.3) is 11.1 Å². The molecule has 1 aromatic heterocycles. The fraction of sp³-hybridized carbons (Fsp3) is 0. The molecule has 4 nitrogen and oxygen atoms in total. The molecule has 60 valence electrons. The van der Waals surface area contributed by atoms with Gasteiger partial charge in [-0.1, -0.05) is 0 Å². The zero-order valence-electron chi connectivity index (χ0n) is 6.15. The van der Waals surface area contributed by atoms with E-state index in [1.807, 2.05) is 0 Å². The van der Waals surface area contributed by atoms with Gasteiger partial charge in [0.2, 0.25) is 0 Å². The maximum Gasteiger partial charge on any atom is 0.292 e. The molecule has 0 amide bonds. The Morgan fingerprint density at radius 1 is 1.50 bits per heavy atom. The quantitative estimate of drug-likeness (QED) is 0.640. The van der Waals surface area contributed by atoms with Gasteiger partial charge in [-0.2, -0.15) is 4.98 Å². The number of oxazole rings is 1. The van der Waals surface area contributed by atoms with Crippen molar-refractivity contribution >= 4 is 23.4 Å². The highest BCUT2D eigenvalue weighted by molar-refractivity contribution is 5.84. The highest BCUT2D eigenvalue weighted by Gasteiger charge is 2.02. The standard InChI is InChI=1S/C8H6N2O2/c9-8-10-6-2-1-5(4-11)3-7(6)12-8/h1-4H,(H2,9,10). The summed E-state index contributed by atoms with van der Waals surface area (Å²) in [6.45, 7) is 0. The molecule has 0 spiro atoms. The number of aromatic nitrogens is 1. The molecule has 0 saturated carbocycles. The minimum absolute atomic E-state index is 0.119. The van der Waals surface area contributed by atoms with Crippen LogP contribution in [0.15, 0.2) is 22.6 Å². The van der Waals surface area contributed by atoms with Gasteiger partial charge in [-0.25, -0.2) is 0 Å². The number of carbonyl (C=O) groups is 1. The first-order chi connectivity index (χ1) is 5.79. The van der Waals surface area contributed by atoms with Crippen molar-refractivity contribution in [2.75, 3.05) is 5.73 Å². The van der Waals surface area contributed by atoms with Crippen LogP contribution in [0.1, 0.15) is 10.4 Å². The summed E-state index contributed by atoms with van der Waals surface area (Å²) in [5, 5.41) is 0. The molecule has 0 aliphatic heterocycles. The third kappa shape index (κ3) is 0.934. The van der Waals surface area contributed by atoms with E-state index in [9.17, 15) is 4.79 Å². The van der Waals surface area contributed by atoms with Crippen LogP contribution in [0.5, 0.6) is 0 Å². The summed E-state index contributed by atoms with van der Waals surface area (Å²) in [6.07, 6.45) is 0.748. The molecule has 0 radical (unpaired) electrons. The highest BCUT2D eigenvalue weighted by Crippen LogP contribution is 2.17. The second kappa shape index (κ2) is 2.34. The molecule has 1 aromatic carbocycles. The monoisotopic (exact) mass is 162 g/mol. The summed E-state index contributed by atoms with van der Waals surface area (Å²) in [5.41, 5.74) is 7.07. The molecule has 0 aliphatic carbocycles. The van der Waals surface area contributed by atoms with E-state index in [1.54, 1.807) is 18.2 Å². The molecule has 12 heavy (non-hydrogen) atoms. The fourth-order valence-corrected chi connectivity index (χ4v) is 1.03. The summed E-state index contributed by atoms with van der Waals surface area (Å²) in [7, 11) is 0. The molecule has 0 atom stereocenters. The van der Waals surface area contributed by atoms with Crippen molar-refractivity contribution in [1.82, 2.24) is 4.98 Å². The van der Waals surface area contributed by atoms with Gasteiger partial charge < -0.3 is 10.2 Å². The van der Waals surface area contributed by atoms with Crippen LogP contribution >= 0.6 is 0 Å². The van der Waals surface area contributed by atoms with Crippen LogP contribution < -0.4 is 5.73 Å². The van der Waals surface area contributed by atoms with Crippen LogP contribution in [0.4, 0.5) is 6.01 Å². The Kier molecular flexibility index (Phi) is 1.33. The van der Waals surface area contributed by atoms with Crippen LogP contribution in [0.3, 0.4) is 0 Å². The summed E-state index contributed by atoms with van der Waals surface area (Å²) in [6, 6.07) is 5.08. The second-order valence-corrected chi connectivity index (χ2v) is 2.40. The predicted octanol–water partition coefficient (Wildman–Crippen LogP) is 1.22. The van der Waals surface area contributed by atoms with Crippen molar-refractivity contribution in [2.24, 2.45) is 0 Å². The van der Waals surface area contributed by atoms with Gasteiger partial charge in [-0.15, -0.1) is 0 Å². The van der Waals surface area contributed by atoms with Crippen LogP contribution in [-0.2, 0) is 0 Å². The molecule has 0 saturated heterocycles. The first-order valence-electron chi connectivity index (χ1n) is 3.41. The average Bonchev–Trinajstić information content (AvgIpc) is 2.43. The Hall–Kier alpha value is -1.84. The maximum atomic E-state index is 10.4. The van der Waals surface area contributed by atoms with E-state index in [-0.39, 0.29) is 6.01 Å². The molecule has 2 aromatic rings. The minimum Gasteiger partial charge on any atom is -0.424 e. The lowest BCUT2D eigenvalue weighted by Gasteiger charge is -1.86. The number of carbonyl (C=O) groups excluding carboxylic acids is 1. The van der Waals surface area contributed by atoms with Gasteiger partial charge in [-0.05, 0) is 18.2 Å². The number of fused-ring (bicyclic) bond motifs is 1. The van der Waals surface area contributed by atoms with Crippen molar-refractivity contribution in [1.29, 1.82) is 0 Å². The zero-order chi connectivity index (χ0) is 8.55. The molecule has 2 N–H and O–H groups in total. The first kappa shape index (κ1) is 6.84. The number of aldehydes is 1. The zero-order valence-corrected chi connectivity index (χ0v) is 6.15. The summed E-state index contributed by atoms with van der Waals surface area (Å²) < 4.78 is 5.02. The van der Waals surface area contributed by atoms with E-state index in [4.69, 9.17) is 10.2 Å². The number of hydrogen-bond acceptors (Lipinski definition) is 4. The van der Waals surface area contributed by atoms with Gasteiger partial charge >= 0.3 is 0 Å². The number of nitrogens with zero attached hydrogens (tertiary/aromatic N) is 1. The Balaban J connectivity index is 2.74. The Labute approximate surface area is 68.0 Å². The van der Waals surface area contributed by atoms with Gasteiger partial charge in [0, 0.05) is 5.56 Å². The van der Waals surface area contributed by atoms with Crippen molar-refractivity contribution in [3.05, 3.63) is 23.8 Å². The largest absolute Gasteiger partial charge is 0.424 e. The van der Waals surface area contributed by atoms with Gasteiger partial charge in [0.25, 0.3) is 6.01 Å². The smallest absolute Gasteiger partial charge is 0.292 e. The normalized spacial score (nSPS) is 10.3. The minimum atomic E-state index is 0.119. The van der Waals surface area contributed by atoms with Crippen molar-refractivity contribution in [3.8, 4) is 0 Å². The first-order valence-corrected chi connectivity index (χ1v) is 3.41. The molecule has 1 heterocycles. The molecule has 0 aliphatic rings. The Morgan fingerprint density at radius 2 is 2.33 bits per heavy atom. The van der Waals surface area contributed by atoms with E-state index in [2.05, 4.69) is 4.98 Å². The number of nitrogens with two attached hydrogens (primary N) is 1.